The topological polar surface area (TPSA) is 38.7 Å². The van der Waals surface area contributed by atoms with Crippen LogP contribution in [0.25, 0.3) is 0 Å². The first-order chi connectivity index (χ1) is 8.18. The van der Waals surface area contributed by atoms with E-state index in [2.05, 4.69) is 6.92 Å². The summed E-state index contributed by atoms with van der Waals surface area (Å²) >= 11 is 0. The molecule has 2 rings (SSSR count). The summed E-state index contributed by atoms with van der Waals surface area (Å²) in [5.41, 5.74) is -0.421. The van der Waals surface area contributed by atoms with Crippen LogP contribution in [0.2, 0.25) is 0 Å². The van der Waals surface area contributed by atoms with E-state index in [0.717, 1.165) is 56.8 Å². The quantitative estimate of drug-likeness (QED) is 0.824. The number of hydrogen-bond donors (Lipinski definition) is 1. The maximum atomic E-state index is 10.5. The number of aliphatic hydroxyl groups excluding tert-OH is 1. The first-order valence-corrected chi connectivity index (χ1v) is 6.74. The van der Waals surface area contributed by atoms with Crippen molar-refractivity contribution in [2.75, 3.05) is 13.7 Å². The number of allylic oxidation sites excluding steroid dienone is 1. The Bertz CT molecular complexity index is 277. The fourth-order valence-electron chi connectivity index (χ4n) is 2.87. The van der Waals surface area contributed by atoms with Crippen LogP contribution in [-0.4, -0.2) is 30.5 Å². The smallest absolute Gasteiger partial charge is 0.139 e. The molecule has 0 aromatic carbocycles. The van der Waals surface area contributed by atoms with Gasteiger partial charge in [0, 0.05) is 7.11 Å². The van der Waals surface area contributed by atoms with Crippen molar-refractivity contribution < 1.29 is 14.6 Å². The number of methoxy groups -OCH3 is 1. The molecule has 98 valence electrons. The minimum Gasteiger partial charge on any atom is -0.495 e. The molecule has 3 heteroatoms. The van der Waals surface area contributed by atoms with E-state index in [4.69, 9.17) is 9.47 Å². The van der Waals surface area contributed by atoms with E-state index in [1.165, 1.54) is 0 Å². The molecule has 0 spiro atoms. The van der Waals surface area contributed by atoms with Crippen LogP contribution in [0, 0.1) is 5.92 Å². The van der Waals surface area contributed by atoms with Gasteiger partial charge >= 0.3 is 0 Å². The van der Waals surface area contributed by atoms with Gasteiger partial charge in [-0.1, -0.05) is 6.92 Å². The first-order valence-electron chi connectivity index (χ1n) is 6.74. The molecule has 3 nitrogen and oxygen atoms in total. The van der Waals surface area contributed by atoms with E-state index in [1.807, 2.05) is 6.08 Å². The minimum absolute atomic E-state index is 0.421. The van der Waals surface area contributed by atoms with Gasteiger partial charge in [0.2, 0.25) is 0 Å². The van der Waals surface area contributed by atoms with Crippen molar-refractivity contribution in [3.8, 4) is 0 Å². The highest BCUT2D eigenvalue weighted by atomic mass is 16.5. The van der Waals surface area contributed by atoms with Crippen LogP contribution in [0.1, 0.15) is 45.4 Å². The molecule has 1 N–H and O–H groups in total. The Morgan fingerprint density at radius 3 is 2.71 bits per heavy atom. The van der Waals surface area contributed by atoms with Gasteiger partial charge in [0.15, 0.2) is 0 Å². The molecule has 2 aliphatic rings. The largest absolute Gasteiger partial charge is 0.495 e. The zero-order valence-electron chi connectivity index (χ0n) is 10.9. The molecule has 1 aliphatic heterocycles. The maximum Gasteiger partial charge on any atom is 0.139 e. The summed E-state index contributed by atoms with van der Waals surface area (Å²) in [6.07, 6.45) is 7.57. The third-order valence-corrected chi connectivity index (χ3v) is 4.26. The molecular formula is C14H24O3. The monoisotopic (exact) mass is 240 g/mol. The average molecular weight is 240 g/mol. The molecule has 0 saturated heterocycles. The number of rotatable bonds is 3. The van der Waals surface area contributed by atoms with Gasteiger partial charge in [-0.05, 0) is 50.5 Å². The second kappa shape index (κ2) is 5.40. The Labute approximate surface area is 104 Å². The Hall–Kier alpha value is -0.540. The molecule has 0 radical (unpaired) electrons. The van der Waals surface area contributed by atoms with Gasteiger partial charge < -0.3 is 14.6 Å². The third-order valence-electron chi connectivity index (χ3n) is 4.26. The fraction of sp³-hybridized carbons (Fsp3) is 0.857. The van der Waals surface area contributed by atoms with Crippen molar-refractivity contribution in [2.45, 2.75) is 57.2 Å². The third kappa shape index (κ3) is 2.66. The fourth-order valence-corrected chi connectivity index (χ4v) is 2.87. The molecule has 17 heavy (non-hydrogen) atoms. The van der Waals surface area contributed by atoms with Crippen LogP contribution in [0.3, 0.4) is 0 Å². The summed E-state index contributed by atoms with van der Waals surface area (Å²) in [5, 5.41) is 10.5. The van der Waals surface area contributed by atoms with Crippen molar-refractivity contribution >= 4 is 0 Å². The van der Waals surface area contributed by atoms with Crippen molar-refractivity contribution in [1.29, 1.82) is 0 Å². The second-order valence-corrected chi connectivity index (χ2v) is 5.45. The van der Waals surface area contributed by atoms with Crippen LogP contribution in [0.15, 0.2) is 11.8 Å². The molecular weight excluding hydrogens is 216 g/mol. The van der Waals surface area contributed by atoms with Gasteiger partial charge in [-0.2, -0.15) is 0 Å². The van der Waals surface area contributed by atoms with Crippen LogP contribution in [-0.2, 0) is 9.47 Å². The summed E-state index contributed by atoms with van der Waals surface area (Å²) in [6, 6.07) is 0. The zero-order valence-corrected chi connectivity index (χ0v) is 10.9. The summed E-state index contributed by atoms with van der Waals surface area (Å²) in [6.45, 7) is 2.99. The van der Waals surface area contributed by atoms with Crippen LogP contribution in [0.5, 0.6) is 0 Å². The Balaban J connectivity index is 2.08. The second-order valence-electron chi connectivity index (χ2n) is 5.45. The SMILES string of the molecule is COC1(C(O)C2=CCCCO2)CCC(C)CC1. The predicted octanol–water partition coefficient (Wildman–Crippen LogP) is 2.64. The molecule has 1 atom stereocenters. The van der Waals surface area contributed by atoms with Gasteiger partial charge in [-0.15, -0.1) is 0 Å². The first kappa shape index (κ1) is 12.9. The summed E-state index contributed by atoms with van der Waals surface area (Å²) < 4.78 is 11.2. The number of hydrogen-bond acceptors (Lipinski definition) is 3. The van der Waals surface area contributed by atoms with Crippen molar-refractivity contribution in [3.05, 3.63) is 11.8 Å². The minimum atomic E-state index is -0.597. The highest BCUT2D eigenvalue weighted by Crippen LogP contribution is 2.39. The van der Waals surface area contributed by atoms with E-state index in [-0.39, 0.29) is 0 Å². The van der Waals surface area contributed by atoms with E-state index in [1.54, 1.807) is 7.11 Å². The summed E-state index contributed by atoms with van der Waals surface area (Å²) in [7, 11) is 1.71. The lowest BCUT2D eigenvalue weighted by atomic mass is 9.75. The van der Waals surface area contributed by atoms with Gasteiger partial charge in [0.05, 0.1) is 6.61 Å². The Kier molecular flexibility index (Phi) is 4.10. The molecule has 1 saturated carbocycles. The van der Waals surface area contributed by atoms with E-state index >= 15 is 0 Å². The predicted molar refractivity (Wildman–Crippen MR) is 66.6 cm³/mol. The molecule has 1 aliphatic carbocycles. The summed E-state index contributed by atoms with van der Waals surface area (Å²) in [5.74, 6) is 1.47. The van der Waals surface area contributed by atoms with Gasteiger partial charge in [0.25, 0.3) is 0 Å². The molecule has 0 bridgehead atoms. The van der Waals surface area contributed by atoms with Crippen molar-refractivity contribution in [2.24, 2.45) is 5.92 Å². The van der Waals surface area contributed by atoms with Gasteiger partial charge in [-0.25, -0.2) is 0 Å². The molecule has 1 heterocycles. The Morgan fingerprint density at radius 2 is 2.18 bits per heavy atom. The van der Waals surface area contributed by atoms with E-state index in [9.17, 15) is 5.11 Å². The molecule has 1 fully saturated rings. The standard InChI is InChI=1S/C14H24O3/c1-11-6-8-14(16-2,9-7-11)13(15)12-5-3-4-10-17-12/h5,11,13,15H,3-4,6-10H2,1-2H3. The molecule has 0 aromatic heterocycles. The van der Waals surface area contributed by atoms with Crippen molar-refractivity contribution in [1.82, 2.24) is 0 Å². The highest BCUT2D eigenvalue weighted by molar-refractivity contribution is 5.11. The van der Waals surface area contributed by atoms with Gasteiger partial charge in [0.1, 0.15) is 17.5 Å². The van der Waals surface area contributed by atoms with E-state index in [0.29, 0.717) is 0 Å². The Morgan fingerprint density at radius 1 is 1.47 bits per heavy atom. The van der Waals surface area contributed by atoms with Crippen LogP contribution < -0.4 is 0 Å². The molecule has 0 amide bonds. The number of ether oxygens (including phenoxy) is 2. The maximum absolute atomic E-state index is 10.5. The molecule has 0 aromatic rings. The lowest BCUT2D eigenvalue weighted by Crippen LogP contribution is -2.48. The number of aliphatic hydroxyl groups is 1. The van der Waals surface area contributed by atoms with Crippen LogP contribution >= 0.6 is 0 Å². The van der Waals surface area contributed by atoms with E-state index < -0.39 is 11.7 Å². The zero-order chi connectivity index (χ0) is 12.3. The molecule has 1 unspecified atom stereocenters. The highest BCUT2D eigenvalue weighted by Gasteiger charge is 2.43. The lowest BCUT2D eigenvalue weighted by molar-refractivity contribution is -0.129. The van der Waals surface area contributed by atoms with Crippen molar-refractivity contribution in [3.63, 3.8) is 0 Å². The normalized spacial score (nSPS) is 35.9. The van der Waals surface area contributed by atoms with Gasteiger partial charge in [-0.3, -0.25) is 0 Å². The average Bonchev–Trinajstić information content (AvgIpc) is 2.40. The summed E-state index contributed by atoms with van der Waals surface area (Å²) in [4.78, 5) is 0. The van der Waals surface area contributed by atoms with Crippen LogP contribution in [0.4, 0.5) is 0 Å². The lowest BCUT2D eigenvalue weighted by Gasteiger charge is -2.42.